The highest BCUT2D eigenvalue weighted by atomic mass is 32.2. The first-order valence-corrected chi connectivity index (χ1v) is 11.9. The lowest BCUT2D eigenvalue weighted by Gasteiger charge is -2.23. The lowest BCUT2D eigenvalue weighted by molar-refractivity contribution is -0.142. The molecule has 0 aromatic heterocycles. The fourth-order valence-corrected chi connectivity index (χ4v) is 3.46. The van der Waals surface area contributed by atoms with Crippen LogP contribution in [0.15, 0.2) is 24.3 Å². The normalized spacial score (nSPS) is 13.9. The highest BCUT2D eigenvalue weighted by Crippen LogP contribution is 2.12. The Morgan fingerprint density at radius 1 is 0.966 bits per heavy atom. The first-order chi connectivity index (χ1) is 13.8. The molecule has 2 amide bonds. The molecule has 0 aliphatic heterocycles. The third kappa shape index (κ3) is 9.42. The maximum Gasteiger partial charge on any atom is 0.326 e. The fraction of sp³-hybridized carbons (Fsp3) is 0.526. The van der Waals surface area contributed by atoms with Crippen LogP contribution >= 0.6 is 23.5 Å². The smallest absolute Gasteiger partial charge is 0.326 e. The molecule has 0 fully saturated rings. The van der Waals surface area contributed by atoms with E-state index in [0.29, 0.717) is 24.2 Å². The number of rotatable bonds is 13. The number of amides is 2. The molecule has 0 aliphatic rings. The van der Waals surface area contributed by atoms with E-state index >= 15 is 0 Å². The Bertz CT molecular complexity index is 672. The van der Waals surface area contributed by atoms with E-state index < -0.39 is 35.9 Å². The predicted molar refractivity (Wildman–Crippen MR) is 117 cm³/mol. The van der Waals surface area contributed by atoms with Gasteiger partial charge in [-0.3, -0.25) is 9.59 Å². The van der Waals surface area contributed by atoms with Gasteiger partial charge in [-0.1, -0.05) is 12.1 Å². The molecule has 0 spiro atoms. The first-order valence-electron chi connectivity index (χ1n) is 9.13. The number of aromatic hydroxyl groups is 1. The van der Waals surface area contributed by atoms with Crippen LogP contribution in [0.3, 0.4) is 0 Å². The van der Waals surface area contributed by atoms with Gasteiger partial charge >= 0.3 is 5.97 Å². The van der Waals surface area contributed by atoms with E-state index in [-0.39, 0.29) is 12.2 Å². The van der Waals surface area contributed by atoms with E-state index in [9.17, 15) is 24.6 Å². The number of hydrogen-bond acceptors (Lipinski definition) is 7. The van der Waals surface area contributed by atoms with Crippen molar-refractivity contribution in [2.24, 2.45) is 5.73 Å². The Hall–Kier alpha value is -1.91. The number of nitrogens with one attached hydrogen (secondary N) is 2. The third-order valence-electron chi connectivity index (χ3n) is 4.20. The SMILES string of the molecule is CSCCC(N)C(=O)NC(CCSC)C(=O)NC(Cc1ccc(O)cc1)C(=O)O. The van der Waals surface area contributed by atoms with Crippen molar-refractivity contribution in [3.8, 4) is 5.75 Å². The van der Waals surface area contributed by atoms with Crippen LogP contribution in [0.4, 0.5) is 0 Å². The molecule has 0 heterocycles. The Balaban J connectivity index is 2.80. The lowest BCUT2D eigenvalue weighted by atomic mass is 10.0. The molecule has 8 nitrogen and oxygen atoms in total. The van der Waals surface area contributed by atoms with Gasteiger partial charge in [-0.15, -0.1) is 0 Å². The average Bonchev–Trinajstić information content (AvgIpc) is 2.69. The van der Waals surface area contributed by atoms with Crippen LogP contribution in [0.25, 0.3) is 0 Å². The molecular formula is C19H29N3O5S2. The van der Waals surface area contributed by atoms with Crippen LogP contribution in [-0.4, -0.2) is 70.1 Å². The zero-order valence-electron chi connectivity index (χ0n) is 16.6. The number of phenolic OH excluding ortho intramolecular Hbond substituents is 1. The van der Waals surface area contributed by atoms with Gasteiger partial charge < -0.3 is 26.6 Å². The van der Waals surface area contributed by atoms with Gasteiger partial charge in [-0.25, -0.2) is 4.79 Å². The molecule has 29 heavy (non-hydrogen) atoms. The average molecular weight is 444 g/mol. The number of nitrogens with two attached hydrogens (primary N) is 1. The molecule has 3 atom stereocenters. The Labute approximate surface area is 179 Å². The van der Waals surface area contributed by atoms with E-state index in [1.54, 1.807) is 23.9 Å². The summed E-state index contributed by atoms with van der Waals surface area (Å²) in [6, 6.07) is 3.34. The molecule has 1 aromatic carbocycles. The van der Waals surface area contributed by atoms with Crippen molar-refractivity contribution >= 4 is 41.3 Å². The van der Waals surface area contributed by atoms with Gasteiger partial charge in [0.05, 0.1) is 6.04 Å². The van der Waals surface area contributed by atoms with Crippen molar-refractivity contribution in [2.45, 2.75) is 37.4 Å². The van der Waals surface area contributed by atoms with Gasteiger partial charge in [0.1, 0.15) is 17.8 Å². The molecule has 6 N–H and O–H groups in total. The zero-order valence-corrected chi connectivity index (χ0v) is 18.2. The number of benzene rings is 1. The second kappa shape index (κ2) is 13.3. The number of carboxylic acid groups (broad SMARTS) is 1. The van der Waals surface area contributed by atoms with E-state index in [1.165, 1.54) is 23.9 Å². The van der Waals surface area contributed by atoms with Crippen molar-refractivity contribution < 1.29 is 24.6 Å². The van der Waals surface area contributed by atoms with Gasteiger partial charge in [0.2, 0.25) is 11.8 Å². The van der Waals surface area contributed by atoms with E-state index in [4.69, 9.17) is 5.73 Å². The molecule has 3 unspecified atom stereocenters. The minimum absolute atomic E-state index is 0.0534. The van der Waals surface area contributed by atoms with E-state index in [0.717, 1.165) is 5.75 Å². The van der Waals surface area contributed by atoms with Gasteiger partial charge in [0.15, 0.2) is 0 Å². The van der Waals surface area contributed by atoms with Crippen LogP contribution in [0.1, 0.15) is 18.4 Å². The minimum Gasteiger partial charge on any atom is -0.508 e. The minimum atomic E-state index is -1.18. The molecular weight excluding hydrogens is 414 g/mol. The van der Waals surface area contributed by atoms with Crippen molar-refractivity contribution in [1.29, 1.82) is 0 Å². The summed E-state index contributed by atoms with van der Waals surface area (Å²) in [6.07, 6.45) is 4.70. The van der Waals surface area contributed by atoms with Crippen LogP contribution in [0.5, 0.6) is 5.75 Å². The van der Waals surface area contributed by atoms with E-state index in [1.807, 2.05) is 12.5 Å². The lowest BCUT2D eigenvalue weighted by Crippen LogP contribution is -2.55. The van der Waals surface area contributed by atoms with Crippen LogP contribution in [-0.2, 0) is 20.8 Å². The fourth-order valence-electron chi connectivity index (χ4n) is 2.50. The van der Waals surface area contributed by atoms with Crippen molar-refractivity contribution in [2.75, 3.05) is 24.0 Å². The summed E-state index contributed by atoms with van der Waals surface area (Å²) in [5.41, 5.74) is 6.52. The second-order valence-electron chi connectivity index (χ2n) is 6.50. The second-order valence-corrected chi connectivity index (χ2v) is 8.47. The molecule has 0 bridgehead atoms. The zero-order chi connectivity index (χ0) is 21.8. The summed E-state index contributed by atoms with van der Waals surface area (Å²) in [5.74, 6) is -0.750. The number of hydrogen-bond donors (Lipinski definition) is 5. The predicted octanol–water partition coefficient (Wildman–Crippen LogP) is 0.822. The molecule has 1 aromatic rings. The summed E-state index contributed by atoms with van der Waals surface area (Å²) in [4.78, 5) is 36.6. The summed E-state index contributed by atoms with van der Waals surface area (Å²) in [7, 11) is 0. The van der Waals surface area contributed by atoms with Gasteiger partial charge in [-0.05, 0) is 54.6 Å². The summed E-state index contributed by atoms with van der Waals surface area (Å²) < 4.78 is 0. The van der Waals surface area contributed by atoms with Crippen molar-refractivity contribution in [3.05, 3.63) is 29.8 Å². The van der Waals surface area contributed by atoms with Gasteiger partial charge in [0, 0.05) is 6.42 Å². The number of carboxylic acids is 1. The first kappa shape index (κ1) is 25.1. The highest BCUT2D eigenvalue weighted by Gasteiger charge is 2.27. The molecule has 0 aliphatic carbocycles. The Kier molecular flexibility index (Phi) is 11.6. The van der Waals surface area contributed by atoms with Crippen molar-refractivity contribution in [3.63, 3.8) is 0 Å². The van der Waals surface area contributed by atoms with Gasteiger partial charge in [0.25, 0.3) is 0 Å². The third-order valence-corrected chi connectivity index (χ3v) is 5.49. The van der Waals surface area contributed by atoms with Crippen LogP contribution < -0.4 is 16.4 Å². The maximum absolute atomic E-state index is 12.7. The summed E-state index contributed by atoms with van der Waals surface area (Å²) >= 11 is 3.10. The number of aliphatic carboxylic acids is 1. The summed E-state index contributed by atoms with van der Waals surface area (Å²) in [6.45, 7) is 0. The van der Waals surface area contributed by atoms with Crippen LogP contribution in [0, 0.1) is 0 Å². The highest BCUT2D eigenvalue weighted by molar-refractivity contribution is 7.98. The molecule has 0 radical (unpaired) electrons. The quantitative estimate of drug-likeness (QED) is 0.302. The number of carbonyl (C=O) groups excluding carboxylic acids is 2. The standard InChI is InChI=1S/C19H29N3O5S2/c1-28-9-7-14(20)17(24)21-15(8-10-29-2)18(25)22-16(19(26)27)11-12-3-5-13(23)6-4-12/h3-6,14-16,23H,7-11,20H2,1-2H3,(H,21,24)(H,22,25)(H,26,27). The molecule has 1 rings (SSSR count). The maximum atomic E-state index is 12.7. The Morgan fingerprint density at radius 3 is 2.07 bits per heavy atom. The number of phenols is 1. The van der Waals surface area contributed by atoms with E-state index in [2.05, 4.69) is 10.6 Å². The number of carbonyl (C=O) groups is 3. The largest absolute Gasteiger partial charge is 0.508 e. The van der Waals surface area contributed by atoms with Gasteiger partial charge in [-0.2, -0.15) is 23.5 Å². The summed E-state index contributed by atoms with van der Waals surface area (Å²) in [5, 5.41) is 24.0. The topological polar surface area (TPSA) is 142 Å². The number of thioether (sulfide) groups is 2. The Morgan fingerprint density at radius 2 is 1.52 bits per heavy atom. The molecule has 162 valence electrons. The van der Waals surface area contributed by atoms with Crippen molar-refractivity contribution in [1.82, 2.24) is 10.6 Å². The van der Waals surface area contributed by atoms with Crippen LogP contribution in [0.2, 0.25) is 0 Å². The monoisotopic (exact) mass is 443 g/mol. The molecule has 10 heteroatoms. The molecule has 0 saturated heterocycles. The molecule has 0 saturated carbocycles.